The number of hydrogen-bond donors (Lipinski definition) is 1. The number of nitrogen functional groups attached to an aromatic ring is 1. The average molecular weight is 254 g/mol. The molecule has 1 heterocycles. The van der Waals surface area contributed by atoms with Crippen molar-refractivity contribution in [1.82, 2.24) is 14.8 Å². The fraction of sp³-hybridized carbons (Fsp3) is 0.273. The van der Waals surface area contributed by atoms with Gasteiger partial charge in [-0.15, -0.1) is 10.2 Å². The number of methoxy groups -OCH3 is 1. The fourth-order valence-electron chi connectivity index (χ4n) is 1.55. The van der Waals surface area contributed by atoms with E-state index in [1.807, 2.05) is 0 Å². The molecule has 0 aliphatic rings. The minimum Gasteiger partial charge on any atom is -0.396 e. The second-order valence-electron chi connectivity index (χ2n) is 3.69. The van der Waals surface area contributed by atoms with Crippen molar-refractivity contribution in [2.75, 3.05) is 19.5 Å². The van der Waals surface area contributed by atoms with Gasteiger partial charge in [0.15, 0.2) is 5.82 Å². The van der Waals surface area contributed by atoms with Crippen LogP contribution in [0.3, 0.4) is 0 Å². The molecule has 0 amide bonds. The number of rotatable bonds is 4. The van der Waals surface area contributed by atoms with E-state index in [4.69, 9.17) is 10.5 Å². The van der Waals surface area contributed by atoms with Crippen LogP contribution in [-0.4, -0.2) is 28.5 Å². The van der Waals surface area contributed by atoms with E-state index in [0.717, 1.165) is 6.07 Å². The first-order chi connectivity index (χ1) is 8.63. The summed E-state index contributed by atoms with van der Waals surface area (Å²) in [5.41, 5.74) is 5.40. The second kappa shape index (κ2) is 5.09. The molecule has 2 rings (SSSR count). The number of ether oxygens (including phenoxy) is 1. The number of nitrogens with two attached hydrogens (primary N) is 1. The number of halogens is 2. The van der Waals surface area contributed by atoms with Crippen LogP contribution in [0, 0.1) is 11.6 Å². The predicted octanol–water partition coefficient (Wildman–Crippen LogP) is 1.45. The number of benzene rings is 1. The van der Waals surface area contributed by atoms with Crippen LogP contribution in [0.1, 0.15) is 0 Å². The third kappa shape index (κ3) is 2.30. The molecule has 18 heavy (non-hydrogen) atoms. The first-order valence-corrected chi connectivity index (χ1v) is 5.25. The molecule has 5 nitrogen and oxygen atoms in total. The van der Waals surface area contributed by atoms with Crippen molar-refractivity contribution in [1.29, 1.82) is 0 Å². The van der Waals surface area contributed by atoms with Crippen molar-refractivity contribution in [3.8, 4) is 11.4 Å². The lowest BCUT2D eigenvalue weighted by Crippen LogP contribution is -2.06. The normalized spacial score (nSPS) is 10.8. The maximum atomic E-state index is 13.7. The molecule has 0 bridgehead atoms. The largest absolute Gasteiger partial charge is 0.396 e. The second-order valence-corrected chi connectivity index (χ2v) is 3.69. The van der Waals surface area contributed by atoms with Gasteiger partial charge in [0.1, 0.15) is 18.0 Å². The zero-order valence-electron chi connectivity index (χ0n) is 9.73. The van der Waals surface area contributed by atoms with Crippen molar-refractivity contribution >= 4 is 5.69 Å². The molecule has 0 unspecified atom stereocenters. The average Bonchev–Trinajstić information content (AvgIpc) is 2.79. The van der Waals surface area contributed by atoms with E-state index in [9.17, 15) is 8.78 Å². The highest BCUT2D eigenvalue weighted by Crippen LogP contribution is 2.25. The van der Waals surface area contributed by atoms with Crippen molar-refractivity contribution in [2.45, 2.75) is 6.54 Å². The molecule has 0 saturated carbocycles. The molecular weight excluding hydrogens is 242 g/mol. The van der Waals surface area contributed by atoms with Crippen LogP contribution in [0.4, 0.5) is 14.5 Å². The summed E-state index contributed by atoms with van der Waals surface area (Å²) in [5, 5.41) is 7.51. The van der Waals surface area contributed by atoms with E-state index in [0.29, 0.717) is 13.2 Å². The van der Waals surface area contributed by atoms with Crippen LogP contribution in [0.25, 0.3) is 11.4 Å². The molecule has 0 spiro atoms. The summed E-state index contributed by atoms with van der Waals surface area (Å²) in [6.07, 6.45) is 1.45. The predicted molar refractivity (Wildman–Crippen MR) is 61.7 cm³/mol. The number of aromatic nitrogens is 3. The number of hydrogen-bond acceptors (Lipinski definition) is 4. The third-order valence-corrected chi connectivity index (χ3v) is 2.48. The van der Waals surface area contributed by atoms with Crippen molar-refractivity contribution < 1.29 is 13.5 Å². The first-order valence-electron chi connectivity index (χ1n) is 5.25. The van der Waals surface area contributed by atoms with Crippen molar-refractivity contribution in [3.63, 3.8) is 0 Å². The van der Waals surface area contributed by atoms with Crippen LogP contribution in [0.2, 0.25) is 0 Å². The highest BCUT2D eigenvalue weighted by atomic mass is 19.1. The van der Waals surface area contributed by atoms with Gasteiger partial charge in [0.25, 0.3) is 0 Å². The van der Waals surface area contributed by atoms with Gasteiger partial charge in [0, 0.05) is 19.7 Å². The Morgan fingerprint density at radius 2 is 2.11 bits per heavy atom. The summed E-state index contributed by atoms with van der Waals surface area (Å²) in [6, 6.07) is 1.94. The van der Waals surface area contributed by atoms with Crippen LogP contribution >= 0.6 is 0 Å². The van der Waals surface area contributed by atoms with Gasteiger partial charge in [-0.05, 0) is 6.07 Å². The molecule has 2 aromatic rings. The van der Waals surface area contributed by atoms with Crippen molar-refractivity contribution in [2.24, 2.45) is 0 Å². The maximum Gasteiger partial charge on any atom is 0.166 e. The van der Waals surface area contributed by atoms with Gasteiger partial charge in [-0.3, -0.25) is 0 Å². The van der Waals surface area contributed by atoms with E-state index < -0.39 is 11.6 Å². The Morgan fingerprint density at radius 1 is 1.33 bits per heavy atom. The molecule has 0 atom stereocenters. The summed E-state index contributed by atoms with van der Waals surface area (Å²) >= 11 is 0. The number of nitrogens with zero attached hydrogens (tertiary/aromatic N) is 3. The van der Waals surface area contributed by atoms with Gasteiger partial charge < -0.3 is 15.0 Å². The summed E-state index contributed by atoms with van der Waals surface area (Å²) in [6.45, 7) is 0.902. The van der Waals surface area contributed by atoms with E-state index in [1.165, 1.54) is 12.4 Å². The zero-order valence-corrected chi connectivity index (χ0v) is 9.73. The summed E-state index contributed by atoms with van der Waals surface area (Å²) in [7, 11) is 1.56. The molecule has 0 radical (unpaired) electrons. The fourth-order valence-corrected chi connectivity index (χ4v) is 1.55. The molecule has 0 saturated heterocycles. The zero-order chi connectivity index (χ0) is 13.1. The molecule has 0 aliphatic carbocycles. The van der Waals surface area contributed by atoms with Gasteiger partial charge in [-0.2, -0.15) is 0 Å². The standard InChI is InChI=1S/C11H12F2N4O/c1-18-3-2-17-6-15-16-11(17)7-4-10(14)9(13)5-8(7)12/h4-6H,2-3,14H2,1H3. The summed E-state index contributed by atoms with van der Waals surface area (Å²) in [4.78, 5) is 0. The minimum atomic E-state index is -0.792. The third-order valence-electron chi connectivity index (χ3n) is 2.48. The Bertz CT molecular complexity index is 556. The van der Waals surface area contributed by atoms with Gasteiger partial charge in [-0.25, -0.2) is 8.78 Å². The molecule has 1 aromatic carbocycles. The van der Waals surface area contributed by atoms with E-state index >= 15 is 0 Å². The first kappa shape index (κ1) is 12.4. The Labute approximate surface area is 102 Å². The molecule has 96 valence electrons. The molecule has 7 heteroatoms. The van der Waals surface area contributed by atoms with Crippen LogP contribution in [0.5, 0.6) is 0 Å². The van der Waals surface area contributed by atoms with Crippen LogP contribution < -0.4 is 5.73 Å². The monoisotopic (exact) mass is 254 g/mol. The van der Waals surface area contributed by atoms with Gasteiger partial charge >= 0.3 is 0 Å². The summed E-state index contributed by atoms with van der Waals surface area (Å²) in [5.74, 6) is -1.23. The highest BCUT2D eigenvalue weighted by Gasteiger charge is 2.15. The Kier molecular flexibility index (Phi) is 3.52. The molecular formula is C11H12F2N4O. The molecule has 0 aliphatic heterocycles. The van der Waals surface area contributed by atoms with Crippen LogP contribution in [-0.2, 0) is 11.3 Å². The Balaban J connectivity index is 2.42. The Morgan fingerprint density at radius 3 is 2.83 bits per heavy atom. The maximum absolute atomic E-state index is 13.7. The topological polar surface area (TPSA) is 66.0 Å². The SMILES string of the molecule is COCCn1cnnc1-c1cc(N)c(F)cc1F. The Hall–Kier alpha value is -2.02. The number of anilines is 1. The van der Waals surface area contributed by atoms with Crippen LogP contribution in [0.15, 0.2) is 18.5 Å². The summed E-state index contributed by atoms with van der Waals surface area (Å²) < 4.78 is 33.3. The lowest BCUT2D eigenvalue weighted by atomic mass is 10.1. The van der Waals surface area contributed by atoms with Gasteiger partial charge in [0.05, 0.1) is 17.9 Å². The lowest BCUT2D eigenvalue weighted by molar-refractivity contribution is 0.187. The van der Waals surface area contributed by atoms with E-state index in [-0.39, 0.29) is 17.1 Å². The minimum absolute atomic E-state index is 0.113. The molecule has 1 aromatic heterocycles. The highest BCUT2D eigenvalue weighted by molar-refractivity contribution is 5.62. The quantitative estimate of drug-likeness (QED) is 0.839. The van der Waals surface area contributed by atoms with E-state index in [2.05, 4.69) is 10.2 Å². The lowest BCUT2D eigenvalue weighted by Gasteiger charge is -2.08. The smallest absolute Gasteiger partial charge is 0.166 e. The van der Waals surface area contributed by atoms with Gasteiger partial charge in [0.2, 0.25) is 0 Å². The molecule has 2 N–H and O–H groups in total. The van der Waals surface area contributed by atoms with Crippen molar-refractivity contribution in [3.05, 3.63) is 30.1 Å². The van der Waals surface area contributed by atoms with Gasteiger partial charge in [-0.1, -0.05) is 0 Å². The molecule has 0 fully saturated rings. The van der Waals surface area contributed by atoms with E-state index in [1.54, 1.807) is 11.7 Å².